The second-order valence-corrected chi connectivity index (χ2v) is 3.31. The van der Waals surface area contributed by atoms with Crippen LogP contribution in [0.2, 0.25) is 0 Å². The van der Waals surface area contributed by atoms with E-state index in [0.29, 0.717) is 6.54 Å². The molecule has 0 radical (unpaired) electrons. The molecule has 15 heavy (non-hydrogen) atoms. The molecule has 6 heteroatoms. The molecule has 0 aromatic carbocycles. The molecule has 0 saturated carbocycles. The Labute approximate surface area is 87.8 Å². The molecular weight excluding hydrogens is 192 g/mol. The van der Waals surface area contributed by atoms with Crippen molar-refractivity contribution in [1.29, 1.82) is 0 Å². The topological polar surface area (TPSA) is 74.5 Å². The van der Waals surface area contributed by atoms with Crippen molar-refractivity contribution in [2.24, 2.45) is 12.8 Å². The van der Waals surface area contributed by atoms with Crippen molar-refractivity contribution in [3.05, 3.63) is 30.4 Å². The predicted octanol–water partition coefficient (Wildman–Crippen LogP) is -0.287. The third-order valence-electron chi connectivity index (χ3n) is 2.35. The van der Waals surface area contributed by atoms with Gasteiger partial charge in [0.1, 0.15) is 18.0 Å². The molecule has 2 aromatic rings. The summed E-state index contributed by atoms with van der Waals surface area (Å²) in [6.45, 7) is 1.18. The Morgan fingerprint density at radius 1 is 1.33 bits per heavy atom. The summed E-state index contributed by atoms with van der Waals surface area (Å²) in [7, 11) is 1.98. The van der Waals surface area contributed by atoms with Crippen molar-refractivity contribution >= 4 is 0 Å². The van der Waals surface area contributed by atoms with Crippen LogP contribution in [0.15, 0.2) is 18.7 Å². The van der Waals surface area contributed by atoms with Gasteiger partial charge in [0.15, 0.2) is 0 Å². The number of hydrogen-bond donors (Lipinski definition) is 1. The lowest BCUT2D eigenvalue weighted by molar-refractivity contribution is 0.561. The van der Waals surface area contributed by atoms with Gasteiger partial charge in [-0.2, -0.15) is 5.10 Å². The van der Waals surface area contributed by atoms with Gasteiger partial charge in [-0.15, -0.1) is 0 Å². The van der Waals surface area contributed by atoms with Gasteiger partial charge in [-0.3, -0.25) is 0 Å². The fourth-order valence-corrected chi connectivity index (χ4v) is 1.48. The standard InChI is InChI=1S/C9H14N6/c1-14-5-3-11-8(14)2-4-15-9(6-10)12-7-13-15/h3,5,7H,2,4,6,10H2,1H3. The van der Waals surface area contributed by atoms with Crippen molar-refractivity contribution < 1.29 is 0 Å². The molecule has 2 aromatic heterocycles. The first kappa shape index (κ1) is 9.85. The molecule has 2 heterocycles. The van der Waals surface area contributed by atoms with Crippen LogP contribution >= 0.6 is 0 Å². The molecule has 0 aliphatic heterocycles. The Morgan fingerprint density at radius 3 is 2.87 bits per heavy atom. The van der Waals surface area contributed by atoms with E-state index in [4.69, 9.17) is 5.73 Å². The molecule has 2 N–H and O–H groups in total. The Bertz CT molecular complexity index is 429. The second-order valence-electron chi connectivity index (χ2n) is 3.31. The molecule has 0 saturated heterocycles. The molecule has 6 nitrogen and oxygen atoms in total. The van der Waals surface area contributed by atoms with Gasteiger partial charge in [0.2, 0.25) is 0 Å². The van der Waals surface area contributed by atoms with E-state index in [2.05, 4.69) is 15.1 Å². The molecule has 0 atom stereocenters. The van der Waals surface area contributed by atoms with E-state index in [9.17, 15) is 0 Å². The van der Waals surface area contributed by atoms with E-state index in [1.165, 1.54) is 6.33 Å². The number of aryl methyl sites for hydroxylation is 3. The molecule has 0 amide bonds. The fraction of sp³-hybridized carbons (Fsp3) is 0.444. The highest BCUT2D eigenvalue weighted by Crippen LogP contribution is 1.99. The third kappa shape index (κ3) is 2.04. The zero-order chi connectivity index (χ0) is 10.7. The van der Waals surface area contributed by atoms with Crippen LogP contribution in [0.25, 0.3) is 0 Å². The number of nitrogens with zero attached hydrogens (tertiary/aromatic N) is 5. The monoisotopic (exact) mass is 206 g/mol. The van der Waals surface area contributed by atoms with E-state index in [1.807, 2.05) is 22.5 Å². The number of aromatic nitrogens is 5. The normalized spacial score (nSPS) is 10.8. The highest BCUT2D eigenvalue weighted by molar-refractivity contribution is 4.92. The highest BCUT2D eigenvalue weighted by atomic mass is 15.3. The van der Waals surface area contributed by atoms with Crippen LogP contribution in [0, 0.1) is 0 Å². The Kier molecular flexibility index (Phi) is 2.77. The smallest absolute Gasteiger partial charge is 0.140 e. The number of hydrogen-bond acceptors (Lipinski definition) is 4. The molecule has 0 bridgehead atoms. The summed E-state index contributed by atoms with van der Waals surface area (Å²) in [5.41, 5.74) is 5.53. The Balaban J connectivity index is 2.02. The van der Waals surface area contributed by atoms with E-state index >= 15 is 0 Å². The summed E-state index contributed by atoms with van der Waals surface area (Å²) in [5.74, 6) is 1.85. The van der Waals surface area contributed by atoms with Gasteiger partial charge in [0, 0.05) is 25.9 Å². The third-order valence-corrected chi connectivity index (χ3v) is 2.35. The van der Waals surface area contributed by atoms with Gasteiger partial charge in [-0.25, -0.2) is 14.6 Å². The van der Waals surface area contributed by atoms with Crippen LogP contribution < -0.4 is 5.73 Å². The molecule has 0 unspecified atom stereocenters. The van der Waals surface area contributed by atoms with Gasteiger partial charge in [-0.1, -0.05) is 0 Å². The van der Waals surface area contributed by atoms with Crippen molar-refractivity contribution in [3.8, 4) is 0 Å². The molecule has 0 aliphatic carbocycles. The summed E-state index contributed by atoms with van der Waals surface area (Å²) in [6.07, 6.45) is 6.08. The minimum Gasteiger partial charge on any atom is -0.338 e. The Hall–Kier alpha value is -1.69. The van der Waals surface area contributed by atoms with Gasteiger partial charge in [-0.05, 0) is 0 Å². The molecule has 0 aliphatic rings. The quantitative estimate of drug-likeness (QED) is 0.746. The molecular formula is C9H14N6. The van der Waals surface area contributed by atoms with Crippen molar-refractivity contribution in [2.45, 2.75) is 19.5 Å². The summed E-state index contributed by atoms with van der Waals surface area (Å²) >= 11 is 0. The van der Waals surface area contributed by atoms with Crippen LogP contribution in [-0.4, -0.2) is 24.3 Å². The van der Waals surface area contributed by atoms with Gasteiger partial charge >= 0.3 is 0 Å². The first-order chi connectivity index (χ1) is 7.31. The highest BCUT2D eigenvalue weighted by Gasteiger charge is 2.04. The van der Waals surface area contributed by atoms with Gasteiger partial charge in [0.05, 0.1) is 13.1 Å². The average molecular weight is 206 g/mol. The van der Waals surface area contributed by atoms with E-state index in [0.717, 1.165) is 24.6 Å². The lowest BCUT2D eigenvalue weighted by Gasteiger charge is -2.04. The maximum atomic E-state index is 5.53. The Morgan fingerprint density at radius 2 is 2.20 bits per heavy atom. The van der Waals surface area contributed by atoms with E-state index in [1.54, 1.807) is 6.20 Å². The first-order valence-electron chi connectivity index (χ1n) is 4.84. The minimum absolute atomic E-state index is 0.417. The van der Waals surface area contributed by atoms with Crippen LogP contribution in [-0.2, 0) is 26.6 Å². The summed E-state index contributed by atoms with van der Waals surface area (Å²) in [5, 5.41) is 4.10. The largest absolute Gasteiger partial charge is 0.338 e. The first-order valence-corrected chi connectivity index (χ1v) is 4.84. The second kappa shape index (κ2) is 4.22. The van der Waals surface area contributed by atoms with E-state index < -0.39 is 0 Å². The minimum atomic E-state index is 0.417. The maximum absolute atomic E-state index is 5.53. The van der Waals surface area contributed by atoms with Crippen LogP contribution in [0.3, 0.4) is 0 Å². The molecule has 0 fully saturated rings. The van der Waals surface area contributed by atoms with Gasteiger partial charge < -0.3 is 10.3 Å². The zero-order valence-electron chi connectivity index (χ0n) is 8.67. The average Bonchev–Trinajstić information content (AvgIpc) is 2.83. The summed E-state index contributed by atoms with van der Waals surface area (Å²) in [6, 6.07) is 0. The van der Waals surface area contributed by atoms with Crippen molar-refractivity contribution in [2.75, 3.05) is 0 Å². The molecule has 0 spiro atoms. The van der Waals surface area contributed by atoms with Gasteiger partial charge in [0.25, 0.3) is 0 Å². The zero-order valence-corrected chi connectivity index (χ0v) is 8.67. The SMILES string of the molecule is Cn1ccnc1CCn1ncnc1CN. The maximum Gasteiger partial charge on any atom is 0.140 e. The summed E-state index contributed by atoms with van der Waals surface area (Å²) in [4.78, 5) is 8.30. The van der Waals surface area contributed by atoms with E-state index in [-0.39, 0.29) is 0 Å². The molecule has 2 rings (SSSR count). The lowest BCUT2D eigenvalue weighted by atomic mass is 10.4. The number of imidazole rings is 1. The number of nitrogens with two attached hydrogens (primary N) is 1. The van der Waals surface area contributed by atoms with Crippen LogP contribution in [0.1, 0.15) is 11.6 Å². The fourth-order valence-electron chi connectivity index (χ4n) is 1.48. The molecule has 80 valence electrons. The van der Waals surface area contributed by atoms with Crippen LogP contribution in [0.4, 0.5) is 0 Å². The lowest BCUT2D eigenvalue weighted by Crippen LogP contribution is -2.12. The summed E-state index contributed by atoms with van der Waals surface area (Å²) < 4.78 is 3.81. The van der Waals surface area contributed by atoms with Crippen molar-refractivity contribution in [3.63, 3.8) is 0 Å². The van der Waals surface area contributed by atoms with Crippen molar-refractivity contribution in [1.82, 2.24) is 24.3 Å². The number of rotatable bonds is 4. The predicted molar refractivity (Wildman–Crippen MR) is 54.8 cm³/mol. The van der Waals surface area contributed by atoms with Crippen LogP contribution in [0.5, 0.6) is 0 Å².